The zero-order chi connectivity index (χ0) is 21.8. The fourth-order valence-electron chi connectivity index (χ4n) is 4.29. The van der Waals surface area contributed by atoms with Crippen LogP contribution in [0.4, 0.5) is 5.82 Å². The lowest BCUT2D eigenvalue weighted by Crippen LogP contribution is -2.18. The number of primary amides is 1. The van der Waals surface area contributed by atoms with E-state index in [1.54, 1.807) is 0 Å². The molecule has 0 bridgehead atoms. The van der Waals surface area contributed by atoms with Gasteiger partial charge in [0.05, 0.1) is 12.3 Å². The molecule has 0 atom stereocenters. The number of nitrogens with two attached hydrogens (primary N) is 2. The molecule has 1 aliphatic heterocycles. The van der Waals surface area contributed by atoms with Crippen LogP contribution in [0.2, 0.25) is 0 Å². The van der Waals surface area contributed by atoms with E-state index in [0.29, 0.717) is 36.5 Å². The Balaban J connectivity index is 1.56. The van der Waals surface area contributed by atoms with Gasteiger partial charge in [-0.3, -0.25) is 9.69 Å². The minimum atomic E-state index is -0.438. The molecule has 0 radical (unpaired) electrons. The Morgan fingerprint density at radius 1 is 1.13 bits per heavy atom. The van der Waals surface area contributed by atoms with Crippen LogP contribution in [-0.2, 0) is 24.2 Å². The Bertz CT molecular complexity index is 978. The second-order valence-electron chi connectivity index (χ2n) is 8.40. The highest BCUT2D eigenvalue weighted by molar-refractivity contribution is 6.03. The van der Waals surface area contributed by atoms with Crippen molar-refractivity contribution in [3.8, 4) is 6.01 Å². The Morgan fingerprint density at radius 2 is 1.84 bits per heavy atom. The second kappa shape index (κ2) is 9.47. The van der Waals surface area contributed by atoms with Gasteiger partial charge in [0.2, 0.25) is 5.91 Å². The first-order valence-electron chi connectivity index (χ1n) is 11.2. The van der Waals surface area contributed by atoms with Crippen LogP contribution in [-0.4, -0.2) is 40.5 Å². The molecule has 31 heavy (non-hydrogen) atoms. The Hall–Kier alpha value is -2.93. The van der Waals surface area contributed by atoms with Crippen molar-refractivity contribution in [3.63, 3.8) is 0 Å². The third-order valence-electron chi connectivity index (χ3n) is 6.06. The summed E-state index contributed by atoms with van der Waals surface area (Å²) < 4.78 is 5.68. The highest BCUT2D eigenvalue weighted by atomic mass is 16.5. The van der Waals surface area contributed by atoms with Gasteiger partial charge in [-0.1, -0.05) is 37.6 Å². The summed E-state index contributed by atoms with van der Waals surface area (Å²) in [7, 11) is 0. The zero-order valence-corrected chi connectivity index (χ0v) is 18.2. The quantitative estimate of drug-likeness (QED) is 0.603. The fraction of sp³-hybridized carbons (Fsp3) is 0.458. The molecule has 2 aliphatic rings. The number of unbranched alkanes of at least 4 members (excludes halogenated alkanes) is 1. The van der Waals surface area contributed by atoms with Crippen LogP contribution in [0.5, 0.6) is 6.01 Å². The number of benzene rings is 1. The summed E-state index contributed by atoms with van der Waals surface area (Å²) in [5, 5.41) is 0. The molecule has 4 N–H and O–H groups in total. The molecule has 1 amide bonds. The maximum atomic E-state index is 12.2. The van der Waals surface area contributed by atoms with Gasteiger partial charge in [-0.25, -0.2) is 0 Å². The van der Waals surface area contributed by atoms with Crippen LogP contribution in [0.15, 0.2) is 29.8 Å². The Morgan fingerprint density at radius 3 is 2.52 bits per heavy atom. The number of likely N-dealkylation sites (tertiary alicyclic amines) is 1. The predicted molar refractivity (Wildman–Crippen MR) is 121 cm³/mol. The molecule has 2 aromatic rings. The summed E-state index contributed by atoms with van der Waals surface area (Å²) in [5.41, 5.74) is 17.1. The number of carbonyl (C=O) groups excluding carboxylic acids is 1. The van der Waals surface area contributed by atoms with E-state index in [9.17, 15) is 4.79 Å². The van der Waals surface area contributed by atoms with Gasteiger partial charge < -0.3 is 16.2 Å². The summed E-state index contributed by atoms with van der Waals surface area (Å²) in [5.74, 6) is -0.0854. The summed E-state index contributed by atoms with van der Waals surface area (Å²) >= 11 is 0. The number of nitrogen functional groups attached to an aromatic ring is 1. The molecule has 1 aromatic heterocycles. The highest BCUT2D eigenvalue weighted by Crippen LogP contribution is 2.37. The number of allylic oxidation sites excluding steroid dienone is 1. The van der Waals surface area contributed by atoms with Gasteiger partial charge in [0.1, 0.15) is 5.82 Å². The van der Waals surface area contributed by atoms with E-state index in [1.807, 2.05) is 0 Å². The van der Waals surface area contributed by atoms with Crippen LogP contribution in [0.25, 0.3) is 5.57 Å². The SMILES string of the molecule is CCCCOc1nc(N)c2c(n1)C(Cc1ccc(CN3CCCC3)cc1)=C(C(N)=O)C2. The maximum Gasteiger partial charge on any atom is 0.318 e. The minimum absolute atomic E-state index is 0.258. The van der Waals surface area contributed by atoms with E-state index in [2.05, 4.69) is 46.1 Å². The third-order valence-corrected chi connectivity index (χ3v) is 6.06. The molecule has 1 fully saturated rings. The summed E-state index contributed by atoms with van der Waals surface area (Å²) in [6, 6.07) is 8.84. The predicted octanol–water partition coefficient (Wildman–Crippen LogP) is 2.87. The van der Waals surface area contributed by atoms with E-state index in [4.69, 9.17) is 16.2 Å². The van der Waals surface area contributed by atoms with E-state index in [1.165, 1.54) is 31.5 Å². The zero-order valence-electron chi connectivity index (χ0n) is 18.2. The van der Waals surface area contributed by atoms with Crippen molar-refractivity contribution in [2.75, 3.05) is 25.4 Å². The van der Waals surface area contributed by atoms with Gasteiger partial charge in [0.15, 0.2) is 0 Å². The molecule has 4 rings (SSSR count). The maximum absolute atomic E-state index is 12.2. The molecule has 2 heterocycles. The number of nitrogens with zero attached hydrogens (tertiary/aromatic N) is 3. The molecule has 0 saturated carbocycles. The highest BCUT2D eigenvalue weighted by Gasteiger charge is 2.29. The number of anilines is 1. The second-order valence-corrected chi connectivity index (χ2v) is 8.40. The normalized spacial score (nSPS) is 16.0. The monoisotopic (exact) mass is 421 g/mol. The van der Waals surface area contributed by atoms with Crippen LogP contribution >= 0.6 is 0 Å². The van der Waals surface area contributed by atoms with Crippen molar-refractivity contribution in [2.45, 2.75) is 52.0 Å². The molecule has 0 unspecified atom stereocenters. The minimum Gasteiger partial charge on any atom is -0.463 e. The molecular weight excluding hydrogens is 390 g/mol. The van der Waals surface area contributed by atoms with E-state index < -0.39 is 5.91 Å². The lowest BCUT2D eigenvalue weighted by Gasteiger charge is -2.15. The molecule has 7 nitrogen and oxygen atoms in total. The van der Waals surface area contributed by atoms with Crippen molar-refractivity contribution in [1.29, 1.82) is 0 Å². The lowest BCUT2D eigenvalue weighted by atomic mass is 9.99. The standard InChI is InChI=1S/C24H31N5O2/c1-2-3-12-31-24-27-21-18(19(23(26)30)14-20(21)22(25)28-24)13-16-6-8-17(9-7-16)15-29-10-4-5-11-29/h6-9H,2-5,10-15H2,1H3,(H2,26,30)(H2,25,27,28). The van der Waals surface area contributed by atoms with Crippen molar-refractivity contribution in [2.24, 2.45) is 5.73 Å². The number of carbonyl (C=O) groups is 1. The number of rotatable bonds is 9. The first kappa shape index (κ1) is 21.3. The third kappa shape index (κ3) is 4.88. The smallest absolute Gasteiger partial charge is 0.318 e. The van der Waals surface area contributed by atoms with Gasteiger partial charge >= 0.3 is 6.01 Å². The van der Waals surface area contributed by atoms with E-state index in [-0.39, 0.29) is 6.01 Å². The van der Waals surface area contributed by atoms with Crippen molar-refractivity contribution in [3.05, 3.63) is 52.2 Å². The molecule has 1 aromatic carbocycles. The van der Waals surface area contributed by atoms with Crippen LogP contribution < -0.4 is 16.2 Å². The summed E-state index contributed by atoms with van der Waals surface area (Å²) in [6.45, 7) is 5.97. The van der Waals surface area contributed by atoms with E-state index >= 15 is 0 Å². The van der Waals surface area contributed by atoms with Gasteiger partial charge in [0.25, 0.3) is 0 Å². The molecule has 1 aliphatic carbocycles. The molecule has 0 spiro atoms. The molecular formula is C24H31N5O2. The van der Waals surface area contributed by atoms with Gasteiger partial charge in [-0.2, -0.15) is 9.97 Å². The van der Waals surface area contributed by atoms with Crippen molar-refractivity contribution < 1.29 is 9.53 Å². The lowest BCUT2D eigenvalue weighted by molar-refractivity contribution is -0.114. The molecule has 7 heteroatoms. The first-order valence-corrected chi connectivity index (χ1v) is 11.2. The Labute approximate surface area is 183 Å². The number of amides is 1. The van der Waals surface area contributed by atoms with Crippen LogP contribution in [0.1, 0.15) is 55.0 Å². The first-order chi connectivity index (χ1) is 15.0. The van der Waals surface area contributed by atoms with Gasteiger partial charge in [0, 0.05) is 30.5 Å². The summed E-state index contributed by atoms with van der Waals surface area (Å²) in [4.78, 5) is 23.5. The number of fused-ring (bicyclic) bond motifs is 1. The molecule has 164 valence electrons. The average molecular weight is 422 g/mol. The van der Waals surface area contributed by atoms with Crippen molar-refractivity contribution in [1.82, 2.24) is 14.9 Å². The number of aromatic nitrogens is 2. The van der Waals surface area contributed by atoms with Gasteiger partial charge in [-0.05, 0) is 49.1 Å². The Kier molecular flexibility index (Phi) is 6.51. The van der Waals surface area contributed by atoms with E-state index in [0.717, 1.165) is 36.1 Å². The molecule has 1 saturated heterocycles. The average Bonchev–Trinajstić information content (AvgIpc) is 3.38. The fourth-order valence-corrected chi connectivity index (χ4v) is 4.29. The number of ether oxygens (including phenoxy) is 1. The van der Waals surface area contributed by atoms with Crippen LogP contribution in [0, 0.1) is 0 Å². The summed E-state index contributed by atoms with van der Waals surface area (Å²) in [6.07, 6.45) is 5.45. The topological polar surface area (TPSA) is 107 Å². The number of hydrogen-bond donors (Lipinski definition) is 2. The number of hydrogen-bond acceptors (Lipinski definition) is 6. The van der Waals surface area contributed by atoms with Crippen LogP contribution in [0.3, 0.4) is 0 Å². The largest absolute Gasteiger partial charge is 0.463 e. The van der Waals surface area contributed by atoms with Crippen molar-refractivity contribution >= 4 is 17.3 Å². The van der Waals surface area contributed by atoms with Gasteiger partial charge in [-0.15, -0.1) is 0 Å².